The zero-order valence-electron chi connectivity index (χ0n) is 16.6. The summed E-state index contributed by atoms with van der Waals surface area (Å²) in [5, 5.41) is 8.76. The molecule has 0 radical (unpaired) electrons. The van der Waals surface area contributed by atoms with Crippen molar-refractivity contribution in [1.29, 1.82) is 0 Å². The second-order valence-electron chi connectivity index (χ2n) is 7.51. The summed E-state index contributed by atoms with van der Waals surface area (Å²) >= 11 is 1.12. The number of benzene rings is 2. The number of rotatable bonds is 7. The van der Waals surface area contributed by atoms with Crippen molar-refractivity contribution in [2.75, 3.05) is 0 Å². The van der Waals surface area contributed by atoms with Gasteiger partial charge in [-0.05, 0) is 35.5 Å². The first-order chi connectivity index (χ1) is 14.7. The van der Waals surface area contributed by atoms with Gasteiger partial charge in [0.05, 0.1) is 0 Å². The molecule has 154 valence electrons. The van der Waals surface area contributed by atoms with Gasteiger partial charge >= 0.3 is 0 Å². The average molecular weight is 421 g/mol. The molecule has 0 aliphatic heterocycles. The van der Waals surface area contributed by atoms with Gasteiger partial charge in [0.15, 0.2) is 5.69 Å². The number of carbonyl (C=O) groups excluding carboxylic acids is 2. The predicted molar refractivity (Wildman–Crippen MR) is 116 cm³/mol. The van der Waals surface area contributed by atoms with E-state index in [1.165, 1.54) is 0 Å². The highest BCUT2D eigenvalue weighted by Crippen LogP contribution is 2.27. The molecule has 1 saturated carbocycles. The number of nitrogens with zero attached hydrogens (tertiary/aromatic N) is 3. The maximum absolute atomic E-state index is 13.5. The van der Waals surface area contributed by atoms with Crippen LogP contribution in [0.3, 0.4) is 0 Å². The lowest BCUT2D eigenvalue weighted by molar-refractivity contribution is -0.126. The highest BCUT2D eigenvalue weighted by molar-refractivity contribution is 7.03. The highest BCUT2D eigenvalue weighted by atomic mass is 32.1. The minimum atomic E-state index is -0.749. The summed E-state index contributed by atoms with van der Waals surface area (Å²) < 4.78 is 3.84. The van der Waals surface area contributed by atoms with Crippen molar-refractivity contribution in [2.45, 2.75) is 44.3 Å². The third-order valence-electron chi connectivity index (χ3n) is 5.41. The molecule has 4 rings (SSSR count). The Hall–Kier alpha value is -3.06. The van der Waals surface area contributed by atoms with E-state index in [0.29, 0.717) is 6.54 Å². The molecule has 0 bridgehead atoms. The molecule has 0 saturated heterocycles. The topological polar surface area (TPSA) is 75.2 Å². The van der Waals surface area contributed by atoms with Gasteiger partial charge in [-0.15, -0.1) is 5.10 Å². The molecule has 2 amide bonds. The first kappa shape index (κ1) is 20.2. The Morgan fingerprint density at radius 3 is 2.33 bits per heavy atom. The Bertz CT molecular complexity index is 957. The minimum Gasteiger partial charge on any atom is -0.351 e. The molecular weight excluding hydrogens is 396 g/mol. The van der Waals surface area contributed by atoms with Gasteiger partial charge in [0.2, 0.25) is 5.91 Å². The lowest BCUT2D eigenvalue weighted by Gasteiger charge is -2.32. The SMILES string of the molecule is O=C(NC1CCCC1)[C@H](c1ccccc1)N(Cc1ccccc1)C(=O)c1csnn1. The molecule has 1 aromatic heterocycles. The van der Waals surface area contributed by atoms with E-state index in [1.807, 2.05) is 60.7 Å². The van der Waals surface area contributed by atoms with Crippen LogP contribution >= 0.6 is 11.5 Å². The number of hydrogen-bond acceptors (Lipinski definition) is 5. The zero-order chi connectivity index (χ0) is 20.8. The Labute approximate surface area is 180 Å². The molecule has 3 aromatic rings. The van der Waals surface area contributed by atoms with E-state index < -0.39 is 6.04 Å². The molecule has 1 fully saturated rings. The molecule has 0 unspecified atom stereocenters. The van der Waals surface area contributed by atoms with Crippen LogP contribution in [-0.2, 0) is 11.3 Å². The fraction of sp³-hybridized carbons (Fsp3) is 0.304. The van der Waals surface area contributed by atoms with Gasteiger partial charge in [-0.3, -0.25) is 9.59 Å². The summed E-state index contributed by atoms with van der Waals surface area (Å²) in [7, 11) is 0. The fourth-order valence-electron chi connectivity index (χ4n) is 3.92. The van der Waals surface area contributed by atoms with Crippen molar-refractivity contribution in [2.24, 2.45) is 0 Å². The number of nitrogens with one attached hydrogen (secondary N) is 1. The molecule has 1 atom stereocenters. The van der Waals surface area contributed by atoms with Crippen LogP contribution in [0.15, 0.2) is 66.0 Å². The van der Waals surface area contributed by atoms with Crippen molar-refractivity contribution in [3.8, 4) is 0 Å². The Morgan fingerprint density at radius 1 is 1.03 bits per heavy atom. The van der Waals surface area contributed by atoms with Gasteiger partial charge in [0.1, 0.15) is 6.04 Å². The largest absolute Gasteiger partial charge is 0.351 e. The van der Waals surface area contributed by atoms with Crippen LogP contribution in [0.1, 0.15) is 53.3 Å². The van der Waals surface area contributed by atoms with Crippen molar-refractivity contribution in [3.05, 3.63) is 82.9 Å². The molecular formula is C23H24N4O2S. The van der Waals surface area contributed by atoms with E-state index in [9.17, 15) is 9.59 Å². The van der Waals surface area contributed by atoms with Crippen molar-refractivity contribution in [1.82, 2.24) is 19.8 Å². The maximum Gasteiger partial charge on any atom is 0.276 e. The fourth-order valence-corrected chi connectivity index (χ4v) is 4.35. The van der Waals surface area contributed by atoms with Crippen LogP contribution in [0.2, 0.25) is 0 Å². The van der Waals surface area contributed by atoms with Gasteiger partial charge in [0, 0.05) is 18.0 Å². The minimum absolute atomic E-state index is 0.152. The van der Waals surface area contributed by atoms with Gasteiger partial charge in [0.25, 0.3) is 5.91 Å². The third kappa shape index (κ3) is 4.74. The van der Waals surface area contributed by atoms with Crippen LogP contribution in [0.25, 0.3) is 0 Å². The molecule has 2 aromatic carbocycles. The standard InChI is InChI=1S/C23H24N4O2S/c28-22(24-19-13-7-8-14-19)21(18-11-5-2-6-12-18)27(15-17-9-3-1-4-10-17)23(29)20-16-30-26-25-20/h1-6,9-12,16,19,21H,7-8,13-15H2,(H,24,28)/t21-/m0/s1. The summed E-state index contributed by atoms with van der Waals surface area (Å²) in [6.45, 7) is 0.300. The lowest BCUT2D eigenvalue weighted by Crippen LogP contribution is -2.46. The van der Waals surface area contributed by atoms with Gasteiger partial charge in [-0.2, -0.15) is 0 Å². The van der Waals surface area contributed by atoms with Crippen LogP contribution in [0.5, 0.6) is 0 Å². The van der Waals surface area contributed by atoms with Gasteiger partial charge in [-0.25, -0.2) is 0 Å². The Balaban J connectivity index is 1.71. The van der Waals surface area contributed by atoms with Gasteiger partial charge in [-0.1, -0.05) is 78.0 Å². The summed E-state index contributed by atoms with van der Waals surface area (Å²) in [6, 6.07) is 18.6. The van der Waals surface area contributed by atoms with Gasteiger partial charge < -0.3 is 10.2 Å². The molecule has 6 nitrogen and oxygen atoms in total. The highest BCUT2D eigenvalue weighted by Gasteiger charge is 2.34. The second kappa shape index (κ2) is 9.63. The third-order valence-corrected chi connectivity index (χ3v) is 5.92. The van der Waals surface area contributed by atoms with Crippen LogP contribution in [0, 0.1) is 0 Å². The van der Waals surface area contributed by atoms with Crippen LogP contribution in [0.4, 0.5) is 0 Å². The van der Waals surface area contributed by atoms with E-state index >= 15 is 0 Å². The average Bonchev–Trinajstić information content (AvgIpc) is 3.49. The van der Waals surface area contributed by atoms with Crippen molar-refractivity contribution >= 4 is 23.3 Å². The maximum atomic E-state index is 13.5. The molecule has 30 heavy (non-hydrogen) atoms. The normalized spacial score (nSPS) is 14.9. The summed E-state index contributed by atoms with van der Waals surface area (Å²) in [5.74, 6) is -0.455. The lowest BCUT2D eigenvalue weighted by atomic mass is 10.0. The zero-order valence-corrected chi connectivity index (χ0v) is 17.4. The van der Waals surface area contributed by atoms with Crippen LogP contribution < -0.4 is 5.32 Å². The Kier molecular flexibility index (Phi) is 6.49. The molecule has 0 spiro atoms. The van der Waals surface area contributed by atoms with E-state index in [2.05, 4.69) is 14.9 Å². The summed E-state index contributed by atoms with van der Waals surface area (Å²) in [5.41, 5.74) is 1.98. The first-order valence-electron chi connectivity index (χ1n) is 10.2. The Morgan fingerprint density at radius 2 is 1.70 bits per heavy atom. The monoisotopic (exact) mass is 420 g/mol. The summed E-state index contributed by atoms with van der Waals surface area (Å²) in [6.07, 6.45) is 4.21. The first-order valence-corrected chi connectivity index (χ1v) is 11.0. The van der Waals surface area contributed by atoms with Crippen molar-refractivity contribution in [3.63, 3.8) is 0 Å². The number of amides is 2. The number of aromatic nitrogens is 2. The molecule has 1 aliphatic rings. The van der Waals surface area contributed by atoms with Crippen LogP contribution in [-0.4, -0.2) is 32.3 Å². The number of carbonyl (C=O) groups is 2. The van der Waals surface area contributed by atoms with E-state index in [4.69, 9.17) is 0 Å². The quantitative estimate of drug-likeness (QED) is 0.627. The predicted octanol–water partition coefficient (Wildman–Crippen LogP) is 3.98. The molecule has 7 heteroatoms. The van der Waals surface area contributed by atoms with E-state index in [1.54, 1.807) is 10.3 Å². The molecule has 1 aliphatic carbocycles. The van der Waals surface area contributed by atoms with E-state index in [-0.39, 0.29) is 23.6 Å². The molecule has 1 heterocycles. The second-order valence-corrected chi connectivity index (χ2v) is 8.12. The smallest absolute Gasteiger partial charge is 0.276 e. The van der Waals surface area contributed by atoms with E-state index in [0.717, 1.165) is 48.3 Å². The van der Waals surface area contributed by atoms with Crippen molar-refractivity contribution < 1.29 is 9.59 Å². The number of hydrogen-bond donors (Lipinski definition) is 1. The molecule has 1 N–H and O–H groups in total. The summed E-state index contributed by atoms with van der Waals surface area (Å²) in [4.78, 5) is 28.5.